The number of carboxylic acids is 1. The van der Waals surface area contributed by atoms with Gasteiger partial charge in [-0.25, -0.2) is 9.59 Å². The van der Waals surface area contributed by atoms with Gasteiger partial charge >= 0.3 is 17.9 Å². The molecule has 0 atom stereocenters. The van der Waals surface area contributed by atoms with Gasteiger partial charge in [-0.1, -0.05) is 6.07 Å². The maximum atomic E-state index is 11.6. The van der Waals surface area contributed by atoms with Gasteiger partial charge in [0.1, 0.15) is 0 Å². The molecule has 1 aliphatic heterocycles. The second kappa shape index (κ2) is 4.60. The van der Waals surface area contributed by atoms with Crippen molar-refractivity contribution in [3.8, 4) is 0 Å². The molecule has 94 valence electrons. The lowest BCUT2D eigenvalue weighted by Gasteiger charge is -2.08. The van der Waals surface area contributed by atoms with Crippen molar-refractivity contribution in [1.29, 1.82) is 0 Å². The molecule has 5 heteroatoms. The summed E-state index contributed by atoms with van der Waals surface area (Å²) < 4.78 is 4.56. The summed E-state index contributed by atoms with van der Waals surface area (Å²) in [7, 11) is 0. The molecule has 0 radical (unpaired) electrons. The molecule has 5 nitrogen and oxygen atoms in total. The first-order chi connectivity index (χ1) is 8.50. The van der Waals surface area contributed by atoms with Crippen LogP contribution in [0, 0.1) is 6.92 Å². The van der Waals surface area contributed by atoms with E-state index >= 15 is 0 Å². The zero-order chi connectivity index (χ0) is 13.3. The van der Waals surface area contributed by atoms with Crippen LogP contribution in [0.25, 0.3) is 0 Å². The molecule has 0 saturated heterocycles. The number of carbonyl (C=O) groups is 3. The molecule has 0 bridgehead atoms. The third kappa shape index (κ3) is 2.11. The van der Waals surface area contributed by atoms with E-state index in [0.717, 1.165) is 5.56 Å². The lowest BCUT2D eigenvalue weighted by Crippen LogP contribution is -2.04. The summed E-state index contributed by atoms with van der Waals surface area (Å²) in [6.45, 7) is 1.83. The van der Waals surface area contributed by atoms with Crippen molar-refractivity contribution in [2.45, 2.75) is 26.2 Å². The number of aryl methyl sites for hydroxylation is 1. The summed E-state index contributed by atoms with van der Waals surface area (Å²) in [4.78, 5) is 33.4. The number of ether oxygens (including phenoxy) is 1. The number of fused-ring (bicyclic) bond motifs is 1. The van der Waals surface area contributed by atoms with Gasteiger partial charge in [-0.2, -0.15) is 0 Å². The summed E-state index contributed by atoms with van der Waals surface area (Å²) in [5.41, 5.74) is 2.15. The number of carbonyl (C=O) groups excluding carboxylic acids is 2. The molecule has 0 amide bonds. The fraction of sp³-hybridized carbons (Fsp3) is 0.308. The minimum absolute atomic E-state index is 0.0338. The standard InChI is InChI=1S/C13H12O5/c1-7-5-6-9-11(13(17)18-12(9)16)8(7)3-2-4-10(14)15/h5-6H,2-4H2,1H3,(H,14,15). The fourth-order valence-corrected chi connectivity index (χ4v) is 2.08. The van der Waals surface area contributed by atoms with Crippen LogP contribution in [0.15, 0.2) is 12.1 Å². The van der Waals surface area contributed by atoms with Crippen LogP contribution >= 0.6 is 0 Å². The minimum atomic E-state index is -0.876. The molecule has 0 spiro atoms. The van der Waals surface area contributed by atoms with Crippen LogP contribution in [0.4, 0.5) is 0 Å². The largest absolute Gasteiger partial charge is 0.481 e. The molecule has 18 heavy (non-hydrogen) atoms. The zero-order valence-corrected chi connectivity index (χ0v) is 9.86. The Morgan fingerprint density at radius 3 is 2.67 bits per heavy atom. The molecule has 1 aromatic rings. The zero-order valence-electron chi connectivity index (χ0n) is 9.86. The van der Waals surface area contributed by atoms with Gasteiger partial charge in [-0.3, -0.25) is 4.79 Å². The molecule has 0 fully saturated rings. The van der Waals surface area contributed by atoms with Crippen molar-refractivity contribution in [2.24, 2.45) is 0 Å². The van der Waals surface area contributed by atoms with E-state index < -0.39 is 17.9 Å². The van der Waals surface area contributed by atoms with Crippen LogP contribution in [-0.4, -0.2) is 23.0 Å². The Bertz CT molecular complexity index is 545. The maximum Gasteiger partial charge on any atom is 0.347 e. The number of rotatable bonds is 4. The van der Waals surface area contributed by atoms with E-state index in [2.05, 4.69) is 4.74 Å². The Kier molecular flexibility index (Phi) is 3.14. The number of hydrogen-bond acceptors (Lipinski definition) is 4. The summed E-state index contributed by atoms with van der Waals surface area (Å²) in [5.74, 6) is -2.14. The molecule has 0 aliphatic carbocycles. The highest BCUT2D eigenvalue weighted by molar-refractivity contribution is 6.15. The number of benzene rings is 1. The second-order valence-corrected chi connectivity index (χ2v) is 4.21. The van der Waals surface area contributed by atoms with E-state index in [1.165, 1.54) is 0 Å². The summed E-state index contributed by atoms with van der Waals surface area (Å²) in [5, 5.41) is 8.60. The van der Waals surface area contributed by atoms with Gasteiger partial charge in [0.25, 0.3) is 0 Å². The topological polar surface area (TPSA) is 80.7 Å². The molecule has 0 unspecified atom stereocenters. The predicted molar refractivity (Wildman–Crippen MR) is 61.5 cm³/mol. The van der Waals surface area contributed by atoms with E-state index in [9.17, 15) is 14.4 Å². The molecule has 2 rings (SSSR count). The highest BCUT2D eigenvalue weighted by Crippen LogP contribution is 2.27. The van der Waals surface area contributed by atoms with Crippen molar-refractivity contribution in [2.75, 3.05) is 0 Å². The Hall–Kier alpha value is -2.17. The Morgan fingerprint density at radius 2 is 2.00 bits per heavy atom. The van der Waals surface area contributed by atoms with Gasteiger partial charge < -0.3 is 9.84 Å². The van der Waals surface area contributed by atoms with E-state index in [-0.39, 0.29) is 12.0 Å². The van der Waals surface area contributed by atoms with Gasteiger partial charge in [-0.15, -0.1) is 0 Å². The first kappa shape index (κ1) is 12.3. The van der Waals surface area contributed by atoms with Crippen molar-refractivity contribution < 1.29 is 24.2 Å². The molecule has 1 heterocycles. The molecule has 1 aromatic carbocycles. The Morgan fingerprint density at radius 1 is 1.28 bits per heavy atom. The third-order valence-electron chi connectivity index (χ3n) is 2.97. The SMILES string of the molecule is Cc1ccc2c(c1CCCC(=O)O)C(=O)OC2=O. The molecule has 1 aliphatic rings. The highest BCUT2D eigenvalue weighted by Gasteiger charge is 2.32. The maximum absolute atomic E-state index is 11.6. The lowest BCUT2D eigenvalue weighted by atomic mass is 9.94. The first-order valence-electron chi connectivity index (χ1n) is 5.61. The molecule has 0 aromatic heterocycles. The van der Waals surface area contributed by atoms with Crippen LogP contribution in [0.1, 0.15) is 44.7 Å². The van der Waals surface area contributed by atoms with Crippen molar-refractivity contribution >= 4 is 17.9 Å². The first-order valence-corrected chi connectivity index (χ1v) is 5.61. The fourth-order valence-electron chi connectivity index (χ4n) is 2.08. The predicted octanol–water partition coefficient (Wildman–Crippen LogP) is 1.71. The Labute approximate surface area is 103 Å². The van der Waals surface area contributed by atoms with Crippen LogP contribution in [0.5, 0.6) is 0 Å². The second-order valence-electron chi connectivity index (χ2n) is 4.21. The van der Waals surface area contributed by atoms with Gasteiger partial charge in [0, 0.05) is 6.42 Å². The average molecular weight is 248 g/mol. The van der Waals surface area contributed by atoms with Gasteiger partial charge in [0.15, 0.2) is 0 Å². The third-order valence-corrected chi connectivity index (χ3v) is 2.97. The van der Waals surface area contributed by atoms with Gasteiger partial charge in [-0.05, 0) is 37.0 Å². The van der Waals surface area contributed by atoms with Crippen LogP contribution in [0.3, 0.4) is 0 Å². The molecule has 0 saturated carbocycles. The summed E-state index contributed by atoms with van der Waals surface area (Å²) >= 11 is 0. The molecular weight excluding hydrogens is 236 g/mol. The van der Waals surface area contributed by atoms with Crippen LogP contribution in [0.2, 0.25) is 0 Å². The number of esters is 2. The normalized spacial score (nSPS) is 13.4. The smallest absolute Gasteiger partial charge is 0.347 e. The van der Waals surface area contributed by atoms with E-state index in [4.69, 9.17) is 5.11 Å². The average Bonchev–Trinajstić information content (AvgIpc) is 2.57. The molecule has 1 N–H and O–H groups in total. The molecular formula is C13H12O5. The van der Waals surface area contributed by atoms with E-state index in [0.29, 0.717) is 24.0 Å². The number of hydrogen-bond donors (Lipinski definition) is 1. The van der Waals surface area contributed by atoms with E-state index in [1.807, 2.05) is 6.92 Å². The number of aliphatic carboxylic acids is 1. The van der Waals surface area contributed by atoms with Crippen molar-refractivity contribution in [1.82, 2.24) is 0 Å². The van der Waals surface area contributed by atoms with Crippen LogP contribution in [-0.2, 0) is 16.0 Å². The van der Waals surface area contributed by atoms with E-state index in [1.54, 1.807) is 12.1 Å². The summed E-state index contributed by atoms with van der Waals surface area (Å²) in [6, 6.07) is 3.31. The summed E-state index contributed by atoms with van der Waals surface area (Å²) in [6.07, 6.45) is 0.907. The Balaban J connectivity index is 2.32. The van der Waals surface area contributed by atoms with Crippen molar-refractivity contribution in [3.05, 3.63) is 34.4 Å². The lowest BCUT2D eigenvalue weighted by molar-refractivity contribution is -0.137. The van der Waals surface area contributed by atoms with Crippen molar-refractivity contribution in [3.63, 3.8) is 0 Å². The quantitative estimate of drug-likeness (QED) is 0.648. The monoisotopic (exact) mass is 248 g/mol. The highest BCUT2D eigenvalue weighted by atomic mass is 16.6. The van der Waals surface area contributed by atoms with Gasteiger partial charge in [0.2, 0.25) is 0 Å². The minimum Gasteiger partial charge on any atom is -0.481 e. The van der Waals surface area contributed by atoms with Crippen LogP contribution < -0.4 is 0 Å². The number of carboxylic acid groups (broad SMARTS) is 1. The van der Waals surface area contributed by atoms with Gasteiger partial charge in [0.05, 0.1) is 11.1 Å². The number of cyclic esters (lactones) is 2.